The molecule has 0 radical (unpaired) electrons. The average molecular weight is 314 g/mol. The highest BCUT2D eigenvalue weighted by atomic mass is 35.5. The van der Waals surface area contributed by atoms with Gasteiger partial charge in [0.15, 0.2) is 9.60 Å². The van der Waals surface area contributed by atoms with Gasteiger partial charge in [-0.15, -0.1) is 22.7 Å². The molecule has 0 bridgehead atoms. The van der Waals surface area contributed by atoms with Crippen molar-refractivity contribution in [2.75, 3.05) is 5.32 Å². The molecule has 0 saturated carbocycles. The lowest BCUT2D eigenvalue weighted by Crippen LogP contribution is -2.13. The summed E-state index contributed by atoms with van der Waals surface area (Å²) in [5.74, 6) is -0.230. The zero-order valence-electron chi connectivity index (χ0n) is 10.3. The number of carbonyl (C=O) groups is 1. The maximum atomic E-state index is 12.1. The Morgan fingerprint density at radius 3 is 2.74 bits per heavy atom. The summed E-state index contributed by atoms with van der Waals surface area (Å²) in [6.45, 7) is 1.84. The Bertz CT molecular complexity index is 611. The van der Waals surface area contributed by atoms with Crippen LogP contribution < -0.4 is 5.32 Å². The van der Waals surface area contributed by atoms with Crippen LogP contribution in [0.3, 0.4) is 0 Å². The molecule has 19 heavy (non-hydrogen) atoms. The second kappa shape index (κ2) is 5.19. The summed E-state index contributed by atoms with van der Waals surface area (Å²) in [6.07, 6.45) is 4.49. The SMILES string of the molecule is Cc1sc(Cl)nc1C(=O)Nc1nc2c(s1)CCCC2. The number of hydrogen-bond donors (Lipinski definition) is 1. The van der Waals surface area contributed by atoms with Crippen molar-refractivity contribution in [2.45, 2.75) is 32.6 Å². The third kappa shape index (κ3) is 2.66. The molecule has 0 fully saturated rings. The summed E-state index contributed by atoms with van der Waals surface area (Å²) in [7, 11) is 0. The molecule has 7 heteroatoms. The number of fused-ring (bicyclic) bond motifs is 1. The Balaban J connectivity index is 1.79. The largest absolute Gasteiger partial charge is 0.296 e. The van der Waals surface area contributed by atoms with Crippen LogP contribution in [0.25, 0.3) is 0 Å². The minimum Gasteiger partial charge on any atom is -0.296 e. The number of amides is 1. The van der Waals surface area contributed by atoms with Crippen molar-refractivity contribution in [1.82, 2.24) is 9.97 Å². The summed E-state index contributed by atoms with van der Waals surface area (Å²) in [4.78, 5) is 22.7. The second-order valence-corrected chi connectivity index (χ2v) is 7.29. The molecule has 4 nitrogen and oxygen atoms in total. The first-order chi connectivity index (χ1) is 9.13. The predicted molar refractivity (Wildman–Crippen MR) is 78.6 cm³/mol. The number of aromatic nitrogens is 2. The third-order valence-electron chi connectivity index (χ3n) is 3.05. The van der Waals surface area contributed by atoms with E-state index >= 15 is 0 Å². The van der Waals surface area contributed by atoms with Gasteiger partial charge in [0, 0.05) is 9.75 Å². The van der Waals surface area contributed by atoms with Crippen LogP contribution in [-0.4, -0.2) is 15.9 Å². The minimum atomic E-state index is -0.230. The number of carbonyl (C=O) groups excluding carboxylic acids is 1. The van der Waals surface area contributed by atoms with Crippen LogP contribution in [0.1, 0.15) is 38.8 Å². The van der Waals surface area contributed by atoms with E-state index in [1.807, 2.05) is 6.92 Å². The normalized spacial score (nSPS) is 14.2. The molecule has 1 N–H and O–H groups in total. The molecule has 0 aliphatic heterocycles. The van der Waals surface area contributed by atoms with E-state index in [9.17, 15) is 4.79 Å². The molecule has 3 rings (SSSR count). The lowest BCUT2D eigenvalue weighted by atomic mass is 10.0. The third-order valence-corrected chi connectivity index (χ3v) is 5.20. The second-order valence-electron chi connectivity index (χ2n) is 4.42. The van der Waals surface area contributed by atoms with Gasteiger partial charge in [-0.2, -0.15) is 0 Å². The average Bonchev–Trinajstić information content (AvgIpc) is 2.91. The number of nitrogens with one attached hydrogen (secondary N) is 1. The number of hydrogen-bond acceptors (Lipinski definition) is 5. The fraction of sp³-hybridized carbons (Fsp3) is 0.417. The van der Waals surface area contributed by atoms with E-state index in [4.69, 9.17) is 11.6 Å². The van der Waals surface area contributed by atoms with Crippen LogP contribution >= 0.6 is 34.3 Å². The summed E-state index contributed by atoms with van der Waals surface area (Å²) < 4.78 is 0.390. The van der Waals surface area contributed by atoms with Crippen LogP contribution in [0.2, 0.25) is 4.47 Å². The van der Waals surface area contributed by atoms with Crippen molar-refractivity contribution in [1.29, 1.82) is 0 Å². The van der Waals surface area contributed by atoms with E-state index in [0.717, 1.165) is 23.4 Å². The Hall–Kier alpha value is -0.980. The quantitative estimate of drug-likeness (QED) is 0.920. The van der Waals surface area contributed by atoms with E-state index in [-0.39, 0.29) is 5.91 Å². The maximum Gasteiger partial charge on any atom is 0.277 e. The fourth-order valence-electron chi connectivity index (χ4n) is 2.14. The summed E-state index contributed by atoms with van der Waals surface area (Å²) in [6, 6.07) is 0. The molecular formula is C12H12ClN3OS2. The molecule has 0 atom stereocenters. The van der Waals surface area contributed by atoms with Gasteiger partial charge in [-0.1, -0.05) is 11.6 Å². The number of anilines is 1. The van der Waals surface area contributed by atoms with E-state index < -0.39 is 0 Å². The molecule has 0 spiro atoms. The van der Waals surface area contributed by atoms with Crippen molar-refractivity contribution < 1.29 is 4.79 Å². The van der Waals surface area contributed by atoms with Crippen molar-refractivity contribution >= 4 is 45.3 Å². The Morgan fingerprint density at radius 2 is 2.05 bits per heavy atom. The molecule has 2 aromatic rings. The monoisotopic (exact) mass is 313 g/mol. The van der Waals surface area contributed by atoms with E-state index in [1.54, 1.807) is 11.3 Å². The zero-order valence-corrected chi connectivity index (χ0v) is 12.7. The Labute approximate surface area is 123 Å². The highest BCUT2D eigenvalue weighted by Gasteiger charge is 2.19. The van der Waals surface area contributed by atoms with E-state index in [2.05, 4.69) is 15.3 Å². The van der Waals surface area contributed by atoms with Crippen LogP contribution in [0.4, 0.5) is 5.13 Å². The Morgan fingerprint density at radius 1 is 1.26 bits per heavy atom. The zero-order chi connectivity index (χ0) is 13.4. The van der Waals surface area contributed by atoms with Crippen molar-refractivity contribution in [3.05, 3.63) is 25.6 Å². The lowest BCUT2D eigenvalue weighted by molar-refractivity contribution is 0.102. The molecule has 0 aromatic carbocycles. The first-order valence-electron chi connectivity index (χ1n) is 6.06. The van der Waals surface area contributed by atoms with Crippen molar-refractivity contribution in [3.8, 4) is 0 Å². The molecular weight excluding hydrogens is 302 g/mol. The highest BCUT2D eigenvalue weighted by Crippen LogP contribution is 2.30. The van der Waals surface area contributed by atoms with Gasteiger partial charge >= 0.3 is 0 Å². The van der Waals surface area contributed by atoms with E-state index in [0.29, 0.717) is 15.3 Å². The summed E-state index contributed by atoms with van der Waals surface area (Å²) in [5, 5.41) is 3.49. The molecule has 1 aliphatic carbocycles. The fourth-order valence-corrected chi connectivity index (χ4v) is 4.24. The minimum absolute atomic E-state index is 0.230. The highest BCUT2D eigenvalue weighted by molar-refractivity contribution is 7.16. The van der Waals surface area contributed by atoms with Gasteiger partial charge < -0.3 is 0 Å². The van der Waals surface area contributed by atoms with Gasteiger partial charge in [-0.25, -0.2) is 9.97 Å². The molecule has 100 valence electrons. The number of nitrogens with zero attached hydrogens (tertiary/aromatic N) is 2. The van der Waals surface area contributed by atoms with Gasteiger partial charge in [-0.3, -0.25) is 10.1 Å². The van der Waals surface area contributed by atoms with Gasteiger partial charge in [0.2, 0.25) is 0 Å². The predicted octanol–water partition coefficient (Wildman–Crippen LogP) is 3.69. The topological polar surface area (TPSA) is 54.9 Å². The molecule has 1 aliphatic rings. The molecule has 1 amide bonds. The van der Waals surface area contributed by atoms with Crippen molar-refractivity contribution in [3.63, 3.8) is 0 Å². The number of thiazole rings is 2. The summed E-state index contributed by atoms with van der Waals surface area (Å²) in [5.41, 5.74) is 1.53. The molecule has 0 unspecified atom stereocenters. The van der Waals surface area contributed by atoms with Crippen molar-refractivity contribution in [2.24, 2.45) is 0 Å². The van der Waals surface area contributed by atoms with Gasteiger partial charge in [0.1, 0.15) is 5.69 Å². The van der Waals surface area contributed by atoms with Gasteiger partial charge in [-0.05, 0) is 32.6 Å². The molecule has 2 aromatic heterocycles. The molecule has 2 heterocycles. The van der Waals surface area contributed by atoms with Gasteiger partial charge in [0.05, 0.1) is 5.69 Å². The lowest BCUT2D eigenvalue weighted by Gasteiger charge is -2.06. The smallest absolute Gasteiger partial charge is 0.277 e. The van der Waals surface area contributed by atoms with E-state index in [1.165, 1.54) is 29.1 Å². The maximum absolute atomic E-state index is 12.1. The number of halogens is 1. The van der Waals surface area contributed by atoms with Crippen LogP contribution in [0, 0.1) is 6.92 Å². The Kier molecular flexibility index (Phi) is 3.56. The van der Waals surface area contributed by atoms with Crippen LogP contribution in [0.15, 0.2) is 0 Å². The first-order valence-corrected chi connectivity index (χ1v) is 8.07. The molecule has 0 saturated heterocycles. The number of rotatable bonds is 2. The van der Waals surface area contributed by atoms with Gasteiger partial charge in [0.25, 0.3) is 5.91 Å². The van der Waals surface area contributed by atoms with Crippen LogP contribution in [-0.2, 0) is 12.8 Å². The summed E-state index contributed by atoms with van der Waals surface area (Å²) >= 11 is 8.69. The standard InChI is InChI=1S/C12H12ClN3OS2/c1-6-9(15-11(13)18-6)10(17)16-12-14-7-4-2-3-5-8(7)19-12/h2-5H2,1H3,(H,14,16,17). The first kappa shape index (κ1) is 13.0. The number of aryl methyl sites for hydroxylation is 3. The van der Waals surface area contributed by atoms with Crippen LogP contribution in [0.5, 0.6) is 0 Å².